The maximum Gasteiger partial charge on any atom is 0.292 e. The number of para-hydroxylation sites is 2. The predicted molar refractivity (Wildman–Crippen MR) is 115 cm³/mol. The summed E-state index contributed by atoms with van der Waals surface area (Å²) in [7, 11) is 1.61. The molecule has 2 aromatic carbocycles. The zero-order valence-corrected chi connectivity index (χ0v) is 17.5. The predicted octanol–water partition coefficient (Wildman–Crippen LogP) is 4.17. The average Bonchev–Trinajstić information content (AvgIpc) is 3.17. The second-order valence-electron chi connectivity index (χ2n) is 6.61. The molecule has 1 aromatic heterocycles. The molecule has 3 rings (SSSR count). The van der Waals surface area contributed by atoms with Crippen LogP contribution in [0.3, 0.4) is 0 Å². The number of methoxy groups -OCH3 is 1. The van der Waals surface area contributed by atoms with Gasteiger partial charge in [-0.1, -0.05) is 23.9 Å². The number of nitro benzene ring substituents is 1. The number of carbonyl (C=O) groups is 1. The normalized spacial score (nSPS) is 10.8. The summed E-state index contributed by atoms with van der Waals surface area (Å²) in [6.07, 6.45) is 0. The summed E-state index contributed by atoms with van der Waals surface area (Å²) in [5.74, 6) is 1.11. The van der Waals surface area contributed by atoms with Crippen LogP contribution in [-0.2, 0) is 4.79 Å². The minimum Gasteiger partial charge on any atom is -0.497 e. The van der Waals surface area contributed by atoms with Gasteiger partial charge in [0, 0.05) is 17.7 Å². The van der Waals surface area contributed by atoms with E-state index in [2.05, 4.69) is 15.5 Å². The lowest BCUT2D eigenvalue weighted by Crippen LogP contribution is -2.16. The van der Waals surface area contributed by atoms with Gasteiger partial charge in [-0.05, 0) is 44.2 Å². The quantitative estimate of drug-likeness (QED) is 0.326. The largest absolute Gasteiger partial charge is 0.497 e. The van der Waals surface area contributed by atoms with E-state index in [0.717, 1.165) is 11.3 Å². The Balaban J connectivity index is 1.75. The number of nitrogens with zero attached hydrogens (tertiary/aromatic N) is 4. The van der Waals surface area contributed by atoms with Crippen molar-refractivity contribution in [1.82, 2.24) is 14.8 Å². The van der Waals surface area contributed by atoms with Crippen molar-refractivity contribution in [3.05, 3.63) is 58.6 Å². The van der Waals surface area contributed by atoms with Gasteiger partial charge in [-0.3, -0.25) is 19.5 Å². The summed E-state index contributed by atoms with van der Waals surface area (Å²) >= 11 is 1.22. The highest BCUT2D eigenvalue weighted by atomic mass is 32.2. The molecule has 0 bridgehead atoms. The first-order chi connectivity index (χ1) is 14.4. The van der Waals surface area contributed by atoms with Crippen molar-refractivity contribution in [3.63, 3.8) is 0 Å². The van der Waals surface area contributed by atoms with Crippen LogP contribution in [0, 0.1) is 10.1 Å². The van der Waals surface area contributed by atoms with Crippen molar-refractivity contribution < 1.29 is 14.5 Å². The third-order valence-corrected chi connectivity index (χ3v) is 5.18. The molecule has 9 nitrogen and oxygen atoms in total. The van der Waals surface area contributed by atoms with E-state index in [0.29, 0.717) is 11.0 Å². The first-order valence-corrected chi connectivity index (χ1v) is 10.1. The average molecular weight is 427 g/mol. The molecule has 0 aliphatic carbocycles. The highest BCUT2D eigenvalue weighted by Gasteiger charge is 2.19. The molecule has 0 atom stereocenters. The molecular weight excluding hydrogens is 406 g/mol. The van der Waals surface area contributed by atoms with Crippen LogP contribution in [0.5, 0.6) is 5.75 Å². The second kappa shape index (κ2) is 9.40. The van der Waals surface area contributed by atoms with E-state index in [-0.39, 0.29) is 29.1 Å². The van der Waals surface area contributed by atoms with Gasteiger partial charge in [-0.25, -0.2) is 0 Å². The third kappa shape index (κ3) is 4.77. The highest BCUT2D eigenvalue weighted by Crippen LogP contribution is 2.29. The van der Waals surface area contributed by atoms with Crippen LogP contribution in [0.4, 0.5) is 11.4 Å². The number of hydrogen-bond acceptors (Lipinski definition) is 7. The van der Waals surface area contributed by atoms with Crippen molar-refractivity contribution in [2.75, 3.05) is 18.2 Å². The third-order valence-electron chi connectivity index (χ3n) is 4.24. The maximum atomic E-state index is 12.4. The van der Waals surface area contributed by atoms with Crippen LogP contribution >= 0.6 is 11.8 Å². The Labute approximate surface area is 177 Å². The number of hydrogen-bond donors (Lipinski definition) is 1. The number of ether oxygens (including phenoxy) is 1. The summed E-state index contributed by atoms with van der Waals surface area (Å²) in [5.41, 5.74) is 0.897. The van der Waals surface area contributed by atoms with Crippen LogP contribution in [0.15, 0.2) is 53.7 Å². The summed E-state index contributed by atoms with van der Waals surface area (Å²) in [5, 5.41) is 22.8. The maximum absolute atomic E-state index is 12.4. The Morgan fingerprint density at radius 3 is 2.53 bits per heavy atom. The van der Waals surface area contributed by atoms with E-state index in [1.807, 2.05) is 42.7 Å². The SMILES string of the molecule is COc1ccc(-c2nnc(SCC(=O)Nc3ccccc3[N+](=O)[O-])n2C(C)C)cc1. The van der Waals surface area contributed by atoms with Gasteiger partial charge < -0.3 is 10.1 Å². The number of carbonyl (C=O) groups excluding carboxylic acids is 1. The zero-order valence-electron chi connectivity index (χ0n) is 16.7. The Bertz CT molecular complexity index is 1050. The molecular formula is C20H21N5O4S. The summed E-state index contributed by atoms with van der Waals surface area (Å²) in [6.45, 7) is 4.02. The van der Waals surface area contributed by atoms with Gasteiger partial charge in [-0.2, -0.15) is 0 Å². The molecule has 0 aliphatic heterocycles. The molecule has 1 amide bonds. The second-order valence-corrected chi connectivity index (χ2v) is 7.55. The van der Waals surface area contributed by atoms with Crippen molar-refractivity contribution in [2.45, 2.75) is 25.0 Å². The molecule has 0 unspecified atom stereocenters. The minimum atomic E-state index is -0.528. The fraction of sp³-hybridized carbons (Fsp3) is 0.250. The summed E-state index contributed by atoms with van der Waals surface area (Å²) in [4.78, 5) is 22.9. The first-order valence-electron chi connectivity index (χ1n) is 9.16. The monoisotopic (exact) mass is 427 g/mol. The number of rotatable bonds is 8. The van der Waals surface area contributed by atoms with Gasteiger partial charge in [0.05, 0.1) is 17.8 Å². The topological polar surface area (TPSA) is 112 Å². The van der Waals surface area contributed by atoms with Crippen molar-refractivity contribution >= 4 is 29.0 Å². The molecule has 0 spiro atoms. The molecule has 156 valence electrons. The van der Waals surface area contributed by atoms with Crippen LogP contribution in [0.1, 0.15) is 19.9 Å². The fourth-order valence-corrected chi connectivity index (χ4v) is 3.70. The molecule has 1 heterocycles. The lowest BCUT2D eigenvalue weighted by atomic mass is 10.2. The summed E-state index contributed by atoms with van der Waals surface area (Å²) < 4.78 is 7.14. The fourth-order valence-electron chi connectivity index (χ4n) is 2.83. The van der Waals surface area contributed by atoms with Crippen molar-refractivity contribution in [3.8, 4) is 17.1 Å². The Morgan fingerprint density at radius 1 is 1.20 bits per heavy atom. The lowest BCUT2D eigenvalue weighted by molar-refractivity contribution is -0.383. The zero-order chi connectivity index (χ0) is 21.7. The van der Waals surface area contributed by atoms with Crippen molar-refractivity contribution in [1.29, 1.82) is 0 Å². The molecule has 0 radical (unpaired) electrons. The number of aromatic nitrogens is 3. The molecule has 0 saturated heterocycles. The number of benzene rings is 2. The van der Waals surface area contributed by atoms with E-state index in [9.17, 15) is 14.9 Å². The lowest BCUT2D eigenvalue weighted by Gasteiger charge is -2.14. The molecule has 3 aromatic rings. The molecule has 30 heavy (non-hydrogen) atoms. The molecule has 0 aliphatic rings. The number of amides is 1. The molecule has 10 heteroatoms. The summed E-state index contributed by atoms with van der Waals surface area (Å²) in [6, 6.07) is 13.6. The standard InChI is InChI=1S/C20H21N5O4S/c1-13(2)24-19(14-8-10-15(29-3)11-9-14)22-23-20(24)30-12-18(26)21-16-6-4-5-7-17(16)25(27)28/h4-11,13H,12H2,1-3H3,(H,21,26). The number of anilines is 1. The molecule has 1 N–H and O–H groups in total. The van der Waals surface area contributed by atoms with E-state index < -0.39 is 4.92 Å². The van der Waals surface area contributed by atoms with E-state index in [1.54, 1.807) is 19.2 Å². The van der Waals surface area contributed by atoms with E-state index >= 15 is 0 Å². The van der Waals surface area contributed by atoms with Gasteiger partial charge in [0.15, 0.2) is 11.0 Å². The highest BCUT2D eigenvalue weighted by molar-refractivity contribution is 7.99. The van der Waals surface area contributed by atoms with Gasteiger partial charge in [0.25, 0.3) is 5.69 Å². The van der Waals surface area contributed by atoms with E-state index in [1.165, 1.54) is 23.9 Å². The Kier molecular flexibility index (Phi) is 6.68. The minimum absolute atomic E-state index is 0.0412. The van der Waals surface area contributed by atoms with Crippen molar-refractivity contribution in [2.24, 2.45) is 0 Å². The van der Waals surface area contributed by atoms with Crippen LogP contribution < -0.4 is 10.1 Å². The van der Waals surface area contributed by atoms with Gasteiger partial charge in [-0.15, -0.1) is 10.2 Å². The molecule has 0 fully saturated rings. The van der Waals surface area contributed by atoms with Crippen LogP contribution in [0.2, 0.25) is 0 Å². The number of nitro groups is 1. The number of thioether (sulfide) groups is 1. The van der Waals surface area contributed by atoms with Crippen LogP contribution in [-0.4, -0.2) is 38.5 Å². The van der Waals surface area contributed by atoms with Crippen LogP contribution in [0.25, 0.3) is 11.4 Å². The molecule has 0 saturated carbocycles. The van der Waals surface area contributed by atoms with E-state index in [4.69, 9.17) is 4.74 Å². The Hall–Kier alpha value is -3.40. The van der Waals surface area contributed by atoms with Gasteiger partial charge in [0.2, 0.25) is 5.91 Å². The van der Waals surface area contributed by atoms with Gasteiger partial charge in [0.1, 0.15) is 11.4 Å². The Morgan fingerprint density at radius 2 is 1.90 bits per heavy atom. The smallest absolute Gasteiger partial charge is 0.292 e. The van der Waals surface area contributed by atoms with Gasteiger partial charge >= 0.3 is 0 Å². The number of nitrogens with one attached hydrogen (secondary N) is 1. The first kappa shape index (κ1) is 21.3.